The molecular formula is C14H21ClN2O. The van der Waals surface area contributed by atoms with Crippen LogP contribution in [0.25, 0.3) is 0 Å². The quantitative estimate of drug-likeness (QED) is 0.907. The predicted octanol–water partition coefficient (Wildman–Crippen LogP) is 2.32. The summed E-state index contributed by atoms with van der Waals surface area (Å²) in [6.45, 7) is 7.32. The minimum atomic E-state index is 0.804. The van der Waals surface area contributed by atoms with Crippen LogP contribution < -0.4 is 10.1 Å². The fourth-order valence-corrected chi connectivity index (χ4v) is 2.73. The minimum absolute atomic E-state index is 0.804. The van der Waals surface area contributed by atoms with Gasteiger partial charge in [0.25, 0.3) is 0 Å². The Morgan fingerprint density at radius 2 is 1.94 bits per heavy atom. The van der Waals surface area contributed by atoms with Crippen LogP contribution in [0, 0.1) is 0 Å². The molecule has 0 spiro atoms. The highest BCUT2D eigenvalue weighted by Gasteiger charge is 2.15. The van der Waals surface area contributed by atoms with Crippen LogP contribution in [0.15, 0.2) is 12.1 Å². The Labute approximate surface area is 114 Å². The van der Waals surface area contributed by atoms with Crippen molar-refractivity contribution in [3.63, 3.8) is 0 Å². The number of hydrogen-bond acceptors (Lipinski definition) is 3. The van der Waals surface area contributed by atoms with E-state index in [2.05, 4.69) is 17.1 Å². The van der Waals surface area contributed by atoms with Gasteiger partial charge < -0.3 is 10.1 Å². The smallest absolute Gasteiger partial charge is 0.126 e. The molecule has 1 aliphatic rings. The van der Waals surface area contributed by atoms with E-state index in [-0.39, 0.29) is 0 Å². The lowest BCUT2D eigenvalue weighted by atomic mass is 10.1. The number of hydrogen-bond donors (Lipinski definition) is 1. The molecule has 3 nitrogen and oxygen atoms in total. The maximum atomic E-state index is 6.19. The van der Waals surface area contributed by atoms with Gasteiger partial charge in [0.15, 0.2) is 0 Å². The Kier molecular flexibility index (Phi) is 4.87. The fourth-order valence-electron chi connectivity index (χ4n) is 2.46. The highest BCUT2D eigenvalue weighted by atomic mass is 35.5. The molecule has 0 saturated carbocycles. The largest absolute Gasteiger partial charge is 0.496 e. The first-order valence-corrected chi connectivity index (χ1v) is 6.90. The van der Waals surface area contributed by atoms with E-state index in [1.165, 1.54) is 11.1 Å². The third kappa shape index (κ3) is 3.16. The van der Waals surface area contributed by atoms with Crippen LogP contribution in [0.3, 0.4) is 0 Å². The third-order valence-corrected chi connectivity index (χ3v) is 3.61. The summed E-state index contributed by atoms with van der Waals surface area (Å²) in [4.78, 5) is 2.43. The van der Waals surface area contributed by atoms with Gasteiger partial charge in [0.2, 0.25) is 0 Å². The Morgan fingerprint density at radius 1 is 1.28 bits per heavy atom. The zero-order valence-corrected chi connectivity index (χ0v) is 11.9. The monoisotopic (exact) mass is 268 g/mol. The molecular weight excluding hydrogens is 248 g/mol. The van der Waals surface area contributed by atoms with Crippen molar-refractivity contribution in [1.82, 2.24) is 10.2 Å². The van der Waals surface area contributed by atoms with Gasteiger partial charge in [-0.15, -0.1) is 0 Å². The summed E-state index contributed by atoms with van der Waals surface area (Å²) in [6, 6.07) is 4.03. The number of halogens is 1. The molecule has 1 aromatic carbocycles. The predicted molar refractivity (Wildman–Crippen MR) is 75.5 cm³/mol. The van der Waals surface area contributed by atoms with Crippen molar-refractivity contribution in [2.75, 3.05) is 33.3 Å². The van der Waals surface area contributed by atoms with Crippen LogP contribution in [-0.4, -0.2) is 38.2 Å². The van der Waals surface area contributed by atoms with Crippen molar-refractivity contribution in [2.45, 2.75) is 19.9 Å². The number of nitrogens with one attached hydrogen (secondary N) is 1. The van der Waals surface area contributed by atoms with E-state index < -0.39 is 0 Å². The zero-order chi connectivity index (χ0) is 13.0. The maximum Gasteiger partial charge on any atom is 0.126 e. The lowest BCUT2D eigenvalue weighted by Crippen LogP contribution is -2.42. The van der Waals surface area contributed by atoms with Crippen molar-refractivity contribution >= 4 is 11.6 Å². The number of nitrogens with zero attached hydrogens (tertiary/aromatic N) is 1. The normalized spacial score (nSPS) is 16.8. The average molecular weight is 269 g/mol. The van der Waals surface area contributed by atoms with Gasteiger partial charge in [-0.2, -0.15) is 0 Å². The zero-order valence-electron chi connectivity index (χ0n) is 11.1. The van der Waals surface area contributed by atoms with Crippen LogP contribution in [-0.2, 0) is 13.0 Å². The molecule has 100 valence electrons. The molecule has 1 heterocycles. The SMILES string of the molecule is CCc1cc(Cl)cc(CN2CCNCC2)c1OC. The Hall–Kier alpha value is -0.770. The molecule has 1 N–H and O–H groups in total. The van der Waals surface area contributed by atoms with Crippen LogP contribution in [0.4, 0.5) is 0 Å². The summed E-state index contributed by atoms with van der Waals surface area (Å²) < 4.78 is 5.56. The lowest BCUT2D eigenvalue weighted by Gasteiger charge is -2.28. The van der Waals surface area contributed by atoms with Crippen LogP contribution in [0.1, 0.15) is 18.1 Å². The summed E-state index contributed by atoms with van der Waals surface area (Å²) in [6.07, 6.45) is 0.943. The van der Waals surface area contributed by atoms with Gasteiger partial charge in [-0.1, -0.05) is 18.5 Å². The highest BCUT2D eigenvalue weighted by Crippen LogP contribution is 2.29. The molecule has 1 aromatic rings. The van der Waals surface area contributed by atoms with E-state index in [4.69, 9.17) is 16.3 Å². The van der Waals surface area contributed by atoms with Crippen molar-refractivity contribution in [3.05, 3.63) is 28.3 Å². The van der Waals surface area contributed by atoms with Gasteiger partial charge in [0, 0.05) is 43.3 Å². The highest BCUT2D eigenvalue weighted by molar-refractivity contribution is 6.30. The minimum Gasteiger partial charge on any atom is -0.496 e. The standard InChI is InChI=1S/C14H21ClN2O/c1-3-11-8-13(15)9-12(14(11)18-2)10-17-6-4-16-5-7-17/h8-9,16H,3-7,10H2,1-2H3. The summed E-state index contributed by atoms with van der Waals surface area (Å²) in [7, 11) is 1.74. The summed E-state index contributed by atoms with van der Waals surface area (Å²) in [5.74, 6) is 1.00. The van der Waals surface area contributed by atoms with E-state index in [0.717, 1.165) is 49.9 Å². The van der Waals surface area contributed by atoms with Gasteiger partial charge in [0.1, 0.15) is 5.75 Å². The van der Waals surface area contributed by atoms with E-state index >= 15 is 0 Å². The van der Waals surface area contributed by atoms with Crippen molar-refractivity contribution in [1.29, 1.82) is 0 Å². The molecule has 2 rings (SSSR count). The van der Waals surface area contributed by atoms with Gasteiger partial charge in [0.05, 0.1) is 7.11 Å². The fraction of sp³-hybridized carbons (Fsp3) is 0.571. The number of rotatable bonds is 4. The molecule has 4 heteroatoms. The van der Waals surface area contributed by atoms with Crippen molar-refractivity contribution in [2.24, 2.45) is 0 Å². The molecule has 1 saturated heterocycles. The average Bonchev–Trinajstić information content (AvgIpc) is 2.39. The summed E-state index contributed by atoms with van der Waals surface area (Å²) in [5.41, 5.74) is 2.39. The van der Waals surface area contributed by atoms with E-state index in [1.807, 2.05) is 12.1 Å². The van der Waals surface area contributed by atoms with Crippen LogP contribution in [0.5, 0.6) is 5.75 Å². The molecule has 0 amide bonds. The van der Waals surface area contributed by atoms with Gasteiger partial charge >= 0.3 is 0 Å². The number of aryl methyl sites for hydroxylation is 1. The first kappa shape index (κ1) is 13.7. The van der Waals surface area contributed by atoms with Gasteiger partial charge in [-0.3, -0.25) is 4.90 Å². The summed E-state index contributed by atoms with van der Waals surface area (Å²) >= 11 is 6.19. The molecule has 1 fully saturated rings. The van der Waals surface area contributed by atoms with Gasteiger partial charge in [-0.05, 0) is 24.1 Å². The molecule has 1 aliphatic heterocycles. The van der Waals surface area contributed by atoms with E-state index in [9.17, 15) is 0 Å². The third-order valence-electron chi connectivity index (χ3n) is 3.40. The van der Waals surface area contributed by atoms with E-state index in [0.29, 0.717) is 0 Å². The second-order valence-corrected chi connectivity index (χ2v) is 5.07. The molecule has 0 unspecified atom stereocenters. The molecule has 0 aromatic heterocycles. The van der Waals surface area contributed by atoms with Crippen LogP contribution >= 0.6 is 11.6 Å². The molecule has 18 heavy (non-hydrogen) atoms. The van der Waals surface area contributed by atoms with Gasteiger partial charge in [-0.25, -0.2) is 0 Å². The van der Waals surface area contributed by atoms with E-state index in [1.54, 1.807) is 7.11 Å². The summed E-state index contributed by atoms with van der Waals surface area (Å²) in [5, 5.41) is 4.17. The molecule has 0 bridgehead atoms. The first-order chi connectivity index (χ1) is 8.74. The topological polar surface area (TPSA) is 24.5 Å². The number of ether oxygens (including phenoxy) is 1. The molecule has 0 aliphatic carbocycles. The number of piperazine rings is 1. The maximum absolute atomic E-state index is 6.19. The number of benzene rings is 1. The molecule has 0 atom stereocenters. The second-order valence-electron chi connectivity index (χ2n) is 4.64. The van der Waals surface area contributed by atoms with Crippen LogP contribution in [0.2, 0.25) is 5.02 Å². The van der Waals surface area contributed by atoms with Crippen molar-refractivity contribution in [3.8, 4) is 5.75 Å². The Morgan fingerprint density at radius 3 is 2.56 bits per heavy atom. The molecule has 0 radical (unpaired) electrons. The number of methoxy groups -OCH3 is 1. The second kappa shape index (κ2) is 6.41. The van der Waals surface area contributed by atoms with Crippen molar-refractivity contribution < 1.29 is 4.74 Å². The first-order valence-electron chi connectivity index (χ1n) is 6.53. The Bertz CT molecular complexity index is 403. The Balaban J connectivity index is 2.21. The lowest BCUT2D eigenvalue weighted by molar-refractivity contribution is 0.230.